The summed E-state index contributed by atoms with van der Waals surface area (Å²) in [6, 6.07) is 3.63. The van der Waals surface area contributed by atoms with E-state index in [1.165, 1.54) is 7.11 Å². The number of hydrogen-bond donors (Lipinski definition) is 3. The van der Waals surface area contributed by atoms with Gasteiger partial charge in [0.05, 0.1) is 25.3 Å². The van der Waals surface area contributed by atoms with Crippen molar-refractivity contribution in [2.75, 3.05) is 13.7 Å². The molecule has 0 fully saturated rings. The lowest BCUT2D eigenvalue weighted by Gasteiger charge is -2.28. The Bertz CT molecular complexity index is 639. The second kappa shape index (κ2) is 6.38. The quantitative estimate of drug-likeness (QED) is 0.734. The molecule has 118 valence electrons. The van der Waals surface area contributed by atoms with Gasteiger partial charge in [0.1, 0.15) is 0 Å². The highest BCUT2D eigenvalue weighted by Gasteiger charge is 2.33. The maximum atomic E-state index is 12.0. The van der Waals surface area contributed by atoms with Crippen molar-refractivity contribution in [2.45, 2.75) is 19.9 Å². The molecule has 7 nitrogen and oxygen atoms in total. The van der Waals surface area contributed by atoms with E-state index in [0.717, 1.165) is 0 Å². The molecule has 1 atom stereocenters. The number of carbonyl (C=O) groups is 2. The molecule has 1 unspecified atom stereocenters. The van der Waals surface area contributed by atoms with Gasteiger partial charge < -0.3 is 25.2 Å². The number of nitrogens with one attached hydrogen (secondary N) is 2. The number of rotatable bonds is 4. The van der Waals surface area contributed by atoms with Crippen LogP contribution < -0.4 is 15.4 Å². The van der Waals surface area contributed by atoms with Crippen molar-refractivity contribution in [3.8, 4) is 11.5 Å². The number of phenolic OH excluding ortho intramolecular Hbond substituents is 1. The Balaban J connectivity index is 2.53. The SMILES string of the molecule is CCOc1cccc(C2NC(=O)NC(C)=C2C(=O)OC)c1O. The zero-order chi connectivity index (χ0) is 16.3. The summed E-state index contributed by atoms with van der Waals surface area (Å²) in [4.78, 5) is 23.7. The van der Waals surface area contributed by atoms with E-state index in [9.17, 15) is 14.7 Å². The third kappa shape index (κ3) is 2.83. The number of hydrogen-bond acceptors (Lipinski definition) is 5. The van der Waals surface area contributed by atoms with E-state index < -0.39 is 18.0 Å². The molecule has 2 amide bonds. The Morgan fingerprint density at radius 2 is 2.14 bits per heavy atom. The van der Waals surface area contributed by atoms with Crippen molar-refractivity contribution >= 4 is 12.0 Å². The highest BCUT2D eigenvalue weighted by molar-refractivity contribution is 5.95. The number of carbonyl (C=O) groups excluding carboxylic acids is 2. The van der Waals surface area contributed by atoms with Crippen LogP contribution in [0.4, 0.5) is 4.79 Å². The molecule has 0 saturated heterocycles. The highest BCUT2D eigenvalue weighted by atomic mass is 16.5. The molecule has 3 N–H and O–H groups in total. The van der Waals surface area contributed by atoms with Crippen LogP contribution in [0.2, 0.25) is 0 Å². The number of urea groups is 1. The minimum absolute atomic E-state index is 0.120. The summed E-state index contributed by atoms with van der Waals surface area (Å²) in [5, 5.41) is 15.5. The van der Waals surface area contributed by atoms with Gasteiger partial charge in [-0.05, 0) is 19.9 Å². The Kier molecular flexibility index (Phi) is 4.55. The molecule has 0 aromatic heterocycles. The molecule has 22 heavy (non-hydrogen) atoms. The zero-order valence-corrected chi connectivity index (χ0v) is 12.6. The summed E-state index contributed by atoms with van der Waals surface area (Å²) in [5.74, 6) is -0.420. The van der Waals surface area contributed by atoms with Gasteiger partial charge in [-0.1, -0.05) is 12.1 Å². The minimum atomic E-state index is -0.818. The lowest BCUT2D eigenvalue weighted by atomic mass is 9.94. The van der Waals surface area contributed by atoms with Crippen molar-refractivity contribution in [3.05, 3.63) is 35.0 Å². The fourth-order valence-corrected chi connectivity index (χ4v) is 2.35. The molecular weight excluding hydrogens is 288 g/mol. The molecule has 1 aliphatic rings. The van der Waals surface area contributed by atoms with Gasteiger partial charge in [0, 0.05) is 11.3 Å². The summed E-state index contributed by atoms with van der Waals surface area (Å²) in [6.45, 7) is 3.78. The van der Waals surface area contributed by atoms with E-state index in [1.807, 2.05) is 0 Å². The third-order valence-electron chi connectivity index (χ3n) is 3.32. The zero-order valence-electron chi connectivity index (χ0n) is 12.6. The van der Waals surface area contributed by atoms with Gasteiger partial charge in [0.15, 0.2) is 11.5 Å². The van der Waals surface area contributed by atoms with Crippen LogP contribution in [0.5, 0.6) is 11.5 Å². The standard InChI is InChI=1S/C15H18N2O5/c1-4-22-10-7-5-6-9(13(10)18)12-11(14(19)21-3)8(2)16-15(20)17-12/h5-7,12,18H,4H2,1-3H3,(H2,16,17,20). The number of allylic oxidation sites excluding steroid dienone is 1. The van der Waals surface area contributed by atoms with Gasteiger partial charge in [-0.3, -0.25) is 0 Å². The van der Waals surface area contributed by atoms with E-state index in [-0.39, 0.29) is 17.1 Å². The Hall–Kier alpha value is -2.70. The van der Waals surface area contributed by atoms with Gasteiger partial charge in [0.2, 0.25) is 0 Å². The average molecular weight is 306 g/mol. The summed E-state index contributed by atoms with van der Waals surface area (Å²) in [7, 11) is 1.26. The molecule has 7 heteroatoms. The fraction of sp³-hybridized carbons (Fsp3) is 0.333. The lowest BCUT2D eigenvalue weighted by Crippen LogP contribution is -2.45. The normalized spacial score (nSPS) is 17.6. The number of ether oxygens (including phenoxy) is 2. The van der Waals surface area contributed by atoms with Crippen LogP contribution in [0.15, 0.2) is 29.5 Å². The molecule has 1 aromatic carbocycles. The van der Waals surface area contributed by atoms with Crippen LogP contribution in [-0.2, 0) is 9.53 Å². The van der Waals surface area contributed by atoms with E-state index >= 15 is 0 Å². The molecular formula is C15H18N2O5. The van der Waals surface area contributed by atoms with Gasteiger partial charge in [-0.2, -0.15) is 0 Å². The molecule has 0 radical (unpaired) electrons. The molecule has 1 heterocycles. The molecule has 0 bridgehead atoms. The Labute approximate surface area is 127 Å². The summed E-state index contributed by atoms with van der Waals surface area (Å²) in [6.07, 6.45) is 0. The third-order valence-corrected chi connectivity index (χ3v) is 3.32. The Morgan fingerprint density at radius 1 is 1.41 bits per heavy atom. The first-order chi connectivity index (χ1) is 10.5. The monoisotopic (exact) mass is 306 g/mol. The van der Waals surface area contributed by atoms with Crippen LogP contribution in [0.25, 0.3) is 0 Å². The fourth-order valence-electron chi connectivity index (χ4n) is 2.35. The molecule has 1 aliphatic heterocycles. The van der Waals surface area contributed by atoms with Crippen LogP contribution in [0.1, 0.15) is 25.5 Å². The first-order valence-electron chi connectivity index (χ1n) is 6.80. The van der Waals surface area contributed by atoms with Crippen LogP contribution in [-0.4, -0.2) is 30.8 Å². The average Bonchev–Trinajstić information content (AvgIpc) is 2.48. The van der Waals surface area contributed by atoms with Crippen LogP contribution in [0, 0.1) is 0 Å². The number of amides is 2. The number of phenols is 1. The molecule has 0 aliphatic carbocycles. The second-order valence-corrected chi connectivity index (χ2v) is 4.69. The molecule has 2 rings (SSSR count). The van der Waals surface area contributed by atoms with E-state index in [2.05, 4.69) is 10.6 Å². The van der Waals surface area contributed by atoms with E-state index in [4.69, 9.17) is 9.47 Å². The van der Waals surface area contributed by atoms with Crippen molar-refractivity contribution in [2.24, 2.45) is 0 Å². The highest BCUT2D eigenvalue weighted by Crippen LogP contribution is 2.38. The maximum absolute atomic E-state index is 12.0. The predicted octanol–water partition coefficient (Wildman–Crippen LogP) is 1.59. The number of para-hydroxylation sites is 1. The van der Waals surface area contributed by atoms with Gasteiger partial charge >= 0.3 is 12.0 Å². The topological polar surface area (TPSA) is 96.9 Å². The minimum Gasteiger partial charge on any atom is -0.504 e. The first kappa shape index (κ1) is 15.7. The summed E-state index contributed by atoms with van der Waals surface area (Å²) >= 11 is 0. The molecule has 0 saturated carbocycles. The van der Waals surface area contributed by atoms with E-state index in [0.29, 0.717) is 17.9 Å². The van der Waals surface area contributed by atoms with Gasteiger partial charge in [-0.25, -0.2) is 9.59 Å². The van der Waals surface area contributed by atoms with Crippen molar-refractivity contribution in [1.29, 1.82) is 0 Å². The van der Waals surface area contributed by atoms with Crippen molar-refractivity contribution < 1.29 is 24.2 Å². The van der Waals surface area contributed by atoms with Crippen molar-refractivity contribution in [3.63, 3.8) is 0 Å². The molecule has 0 spiro atoms. The number of esters is 1. The van der Waals surface area contributed by atoms with Gasteiger partial charge in [0.25, 0.3) is 0 Å². The van der Waals surface area contributed by atoms with Crippen LogP contribution >= 0.6 is 0 Å². The maximum Gasteiger partial charge on any atom is 0.337 e. The number of methoxy groups -OCH3 is 1. The smallest absolute Gasteiger partial charge is 0.337 e. The van der Waals surface area contributed by atoms with E-state index in [1.54, 1.807) is 32.0 Å². The Morgan fingerprint density at radius 3 is 2.77 bits per heavy atom. The second-order valence-electron chi connectivity index (χ2n) is 4.69. The lowest BCUT2D eigenvalue weighted by molar-refractivity contribution is -0.136. The number of benzene rings is 1. The summed E-state index contributed by atoms with van der Waals surface area (Å²) in [5.41, 5.74) is 0.966. The van der Waals surface area contributed by atoms with Crippen LogP contribution in [0.3, 0.4) is 0 Å². The van der Waals surface area contributed by atoms with Crippen molar-refractivity contribution in [1.82, 2.24) is 10.6 Å². The number of aromatic hydroxyl groups is 1. The van der Waals surface area contributed by atoms with Gasteiger partial charge in [-0.15, -0.1) is 0 Å². The largest absolute Gasteiger partial charge is 0.504 e. The molecule has 1 aromatic rings. The summed E-state index contributed by atoms with van der Waals surface area (Å²) < 4.78 is 10.1. The first-order valence-corrected chi connectivity index (χ1v) is 6.80. The predicted molar refractivity (Wildman–Crippen MR) is 78.4 cm³/mol.